The number of rotatable bonds is 4. The minimum absolute atomic E-state index is 0.119. The molecule has 1 amide bonds. The van der Waals surface area contributed by atoms with Crippen molar-refractivity contribution in [2.24, 2.45) is 7.05 Å². The van der Waals surface area contributed by atoms with Gasteiger partial charge in [-0.05, 0) is 25.5 Å². The number of nitrogens with zero attached hydrogens (tertiary/aromatic N) is 6. The smallest absolute Gasteiger partial charge is 0.256 e. The first kappa shape index (κ1) is 13.2. The summed E-state index contributed by atoms with van der Waals surface area (Å²) in [7, 11) is 1.85. The molecule has 0 aromatic carbocycles. The van der Waals surface area contributed by atoms with Gasteiger partial charge in [-0.25, -0.2) is 4.98 Å². The third-order valence-corrected chi connectivity index (χ3v) is 3.20. The Hall–Kier alpha value is -2.77. The van der Waals surface area contributed by atoms with Gasteiger partial charge < -0.3 is 0 Å². The summed E-state index contributed by atoms with van der Waals surface area (Å²) >= 11 is 0. The van der Waals surface area contributed by atoms with Crippen LogP contribution in [0.4, 0.5) is 5.95 Å². The molecule has 3 rings (SSSR count). The predicted molar refractivity (Wildman–Crippen MR) is 75.7 cm³/mol. The molecular weight excluding hydrogens is 270 g/mol. The van der Waals surface area contributed by atoms with Crippen LogP contribution in [0.25, 0.3) is 5.78 Å². The number of fused-ring (bicyclic) bond motifs is 1. The fraction of sp³-hybridized carbons (Fsp3) is 0.308. The van der Waals surface area contributed by atoms with E-state index in [1.54, 1.807) is 21.5 Å². The largest absolute Gasteiger partial charge is 0.294 e. The molecular formula is C13H15N7O. The van der Waals surface area contributed by atoms with E-state index in [9.17, 15) is 4.79 Å². The summed E-state index contributed by atoms with van der Waals surface area (Å²) in [5, 5.41) is 14.7. The Labute approximate surface area is 120 Å². The molecule has 1 N–H and O–H groups in total. The topological polar surface area (TPSA) is 90.0 Å². The van der Waals surface area contributed by atoms with Gasteiger partial charge in [-0.15, -0.1) is 10.2 Å². The SMILES string of the molecule is Cc1ccn2c(NC(=O)CCc3ccnn3C)nnc2n1. The minimum Gasteiger partial charge on any atom is -0.294 e. The average molecular weight is 285 g/mol. The van der Waals surface area contributed by atoms with E-state index in [-0.39, 0.29) is 5.91 Å². The number of aryl methyl sites for hydroxylation is 3. The monoisotopic (exact) mass is 285 g/mol. The first-order chi connectivity index (χ1) is 10.1. The van der Waals surface area contributed by atoms with Gasteiger partial charge in [-0.2, -0.15) is 5.10 Å². The fourth-order valence-corrected chi connectivity index (χ4v) is 2.03. The Balaban J connectivity index is 1.67. The summed E-state index contributed by atoms with van der Waals surface area (Å²) < 4.78 is 3.40. The van der Waals surface area contributed by atoms with Gasteiger partial charge in [0, 0.05) is 37.3 Å². The average Bonchev–Trinajstić information content (AvgIpc) is 3.03. The number of aromatic nitrogens is 6. The molecule has 3 aromatic heterocycles. The third-order valence-electron chi connectivity index (χ3n) is 3.20. The number of hydrogen-bond donors (Lipinski definition) is 1. The van der Waals surface area contributed by atoms with E-state index < -0.39 is 0 Å². The van der Waals surface area contributed by atoms with Gasteiger partial charge in [0.2, 0.25) is 11.9 Å². The first-order valence-corrected chi connectivity index (χ1v) is 6.58. The maximum atomic E-state index is 12.0. The zero-order valence-electron chi connectivity index (χ0n) is 11.8. The lowest BCUT2D eigenvalue weighted by atomic mass is 10.2. The Morgan fingerprint density at radius 3 is 2.95 bits per heavy atom. The van der Waals surface area contributed by atoms with Crippen molar-refractivity contribution in [3.8, 4) is 0 Å². The second-order valence-electron chi connectivity index (χ2n) is 4.76. The fourth-order valence-electron chi connectivity index (χ4n) is 2.03. The highest BCUT2D eigenvalue weighted by Gasteiger charge is 2.11. The van der Waals surface area contributed by atoms with Crippen LogP contribution in [0.15, 0.2) is 24.5 Å². The van der Waals surface area contributed by atoms with Gasteiger partial charge in [0.15, 0.2) is 0 Å². The Morgan fingerprint density at radius 1 is 1.33 bits per heavy atom. The number of carbonyl (C=O) groups is 1. The molecule has 0 atom stereocenters. The van der Waals surface area contributed by atoms with Crippen molar-refractivity contribution in [1.82, 2.24) is 29.4 Å². The molecule has 0 aliphatic carbocycles. The molecule has 0 spiro atoms. The lowest BCUT2D eigenvalue weighted by molar-refractivity contribution is -0.116. The molecule has 0 saturated carbocycles. The second kappa shape index (κ2) is 5.31. The summed E-state index contributed by atoms with van der Waals surface area (Å²) in [4.78, 5) is 16.2. The number of hydrogen-bond acceptors (Lipinski definition) is 5. The molecule has 0 aliphatic heterocycles. The van der Waals surface area contributed by atoms with E-state index in [4.69, 9.17) is 0 Å². The van der Waals surface area contributed by atoms with Gasteiger partial charge in [0.05, 0.1) is 0 Å². The summed E-state index contributed by atoms with van der Waals surface area (Å²) in [6.07, 6.45) is 4.48. The Kier molecular flexibility index (Phi) is 3.35. The van der Waals surface area contributed by atoms with Crippen molar-refractivity contribution in [1.29, 1.82) is 0 Å². The lowest BCUT2D eigenvalue weighted by Gasteiger charge is -2.04. The van der Waals surface area contributed by atoms with Gasteiger partial charge in [0.25, 0.3) is 5.78 Å². The van der Waals surface area contributed by atoms with E-state index in [0.717, 1.165) is 11.4 Å². The van der Waals surface area contributed by atoms with Crippen molar-refractivity contribution in [2.45, 2.75) is 19.8 Å². The molecule has 21 heavy (non-hydrogen) atoms. The van der Waals surface area contributed by atoms with Gasteiger partial charge in [0.1, 0.15) is 0 Å². The molecule has 3 aromatic rings. The van der Waals surface area contributed by atoms with Crippen molar-refractivity contribution < 1.29 is 4.79 Å². The van der Waals surface area contributed by atoms with Crippen LogP contribution < -0.4 is 5.32 Å². The molecule has 0 radical (unpaired) electrons. The number of amides is 1. The quantitative estimate of drug-likeness (QED) is 0.763. The maximum absolute atomic E-state index is 12.0. The van der Waals surface area contributed by atoms with Crippen LogP contribution in [-0.2, 0) is 18.3 Å². The van der Waals surface area contributed by atoms with Crippen molar-refractivity contribution in [3.63, 3.8) is 0 Å². The predicted octanol–water partition coefficient (Wildman–Crippen LogP) is 0.738. The van der Waals surface area contributed by atoms with E-state index in [2.05, 4.69) is 25.6 Å². The van der Waals surface area contributed by atoms with E-state index in [0.29, 0.717) is 24.6 Å². The van der Waals surface area contributed by atoms with E-state index in [1.165, 1.54) is 0 Å². The van der Waals surface area contributed by atoms with Crippen LogP contribution in [0, 0.1) is 6.92 Å². The zero-order chi connectivity index (χ0) is 14.8. The van der Waals surface area contributed by atoms with Crippen molar-refractivity contribution in [2.75, 3.05) is 5.32 Å². The van der Waals surface area contributed by atoms with Crippen LogP contribution in [0.3, 0.4) is 0 Å². The van der Waals surface area contributed by atoms with Crippen molar-refractivity contribution >= 4 is 17.6 Å². The summed E-state index contributed by atoms with van der Waals surface area (Å²) in [5.74, 6) is 0.732. The highest BCUT2D eigenvalue weighted by molar-refractivity contribution is 5.89. The second-order valence-corrected chi connectivity index (χ2v) is 4.76. The van der Waals surface area contributed by atoms with Crippen LogP contribution in [-0.4, -0.2) is 35.3 Å². The number of nitrogens with one attached hydrogen (secondary N) is 1. The van der Waals surface area contributed by atoms with Gasteiger partial charge in [-0.3, -0.25) is 19.2 Å². The highest BCUT2D eigenvalue weighted by Crippen LogP contribution is 2.08. The third kappa shape index (κ3) is 2.73. The molecule has 0 unspecified atom stereocenters. The summed E-state index contributed by atoms with van der Waals surface area (Å²) in [6, 6.07) is 3.73. The zero-order valence-corrected chi connectivity index (χ0v) is 11.8. The molecule has 0 saturated heterocycles. The summed E-state index contributed by atoms with van der Waals surface area (Å²) in [6.45, 7) is 1.88. The maximum Gasteiger partial charge on any atom is 0.256 e. The lowest BCUT2D eigenvalue weighted by Crippen LogP contribution is -2.15. The number of anilines is 1. The standard InChI is InChI=1S/C13H15N7O/c1-9-6-8-20-12(15-9)17-18-13(20)16-11(21)4-3-10-5-7-14-19(10)2/h5-8H,3-4H2,1-2H3,(H,16,18,21). The number of carbonyl (C=O) groups excluding carboxylic acids is 1. The van der Waals surface area contributed by atoms with Crippen LogP contribution in [0.2, 0.25) is 0 Å². The van der Waals surface area contributed by atoms with Crippen LogP contribution in [0.1, 0.15) is 17.8 Å². The van der Waals surface area contributed by atoms with Gasteiger partial charge >= 0.3 is 0 Å². The molecule has 0 bridgehead atoms. The first-order valence-electron chi connectivity index (χ1n) is 6.58. The van der Waals surface area contributed by atoms with Crippen molar-refractivity contribution in [3.05, 3.63) is 35.9 Å². The molecule has 3 heterocycles. The van der Waals surface area contributed by atoms with Crippen LogP contribution in [0.5, 0.6) is 0 Å². The normalized spacial score (nSPS) is 11.0. The Morgan fingerprint density at radius 2 is 2.19 bits per heavy atom. The minimum atomic E-state index is -0.119. The molecule has 8 nitrogen and oxygen atoms in total. The molecule has 8 heteroatoms. The van der Waals surface area contributed by atoms with Gasteiger partial charge in [-0.1, -0.05) is 0 Å². The molecule has 0 aliphatic rings. The summed E-state index contributed by atoms with van der Waals surface area (Å²) in [5.41, 5.74) is 1.86. The molecule has 108 valence electrons. The van der Waals surface area contributed by atoms with E-state index >= 15 is 0 Å². The van der Waals surface area contributed by atoms with Crippen LogP contribution >= 0.6 is 0 Å². The van der Waals surface area contributed by atoms with E-state index in [1.807, 2.05) is 26.1 Å². The highest BCUT2D eigenvalue weighted by atomic mass is 16.1. The Bertz CT molecular complexity index is 789. The molecule has 0 fully saturated rings.